The van der Waals surface area contributed by atoms with Crippen molar-refractivity contribution in [2.45, 2.75) is 33.1 Å². The summed E-state index contributed by atoms with van der Waals surface area (Å²) < 4.78 is 0. The topological polar surface area (TPSA) is 40.6 Å². The molecule has 0 radical (unpaired) electrons. The molecule has 0 unspecified atom stereocenters. The van der Waals surface area contributed by atoms with E-state index in [2.05, 4.69) is 6.92 Å². The number of aryl methyl sites for hydroxylation is 1. The molecule has 1 heterocycles. The van der Waals surface area contributed by atoms with Crippen LogP contribution in [0.25, 0.3) is 0 Å². The van der Waals surface area contributed by atoms with Gasteiger partial charge in [-0.25, -0.2) is 0 Å². The van der Waals surface area contributed by atoms with Crippen molar-refractivity contribution in [1.29, 1.82) is 0 Å². The van der Waals surface area contributed by atoms with E-state index in [0.717, 1.165) is 24.0 Å². The summed E-state index contributed by atoms with van der Waals surface area (Å²) in [5, 5.41) is 0. The maximum absolute atomic E-state index is 12.4. The minimum atomic E-state index is 0.0654. The van der Waals surface area contributed by atoms with E-state index in [4.69, 9.17) is 0 Å². The zero-order chi connectivity index (χ0) is 15.2. The Hall–Kier alpha value is -1.84. The summed E-state index contributed by atoms with van der Waals surface area (Å²) in [6.07, 6.45) is 2.61. The molecule has 0 N–H and O–H groups in total. The normalized spacial score (nSPS) is 15.1. The Morgan fingerprint density at radius 3 is 2.14 bits per heavy atom. The second kappa shape index (κ2) is 7.25. The quantitative estimate of drug-likeness (QED) is 0.854. The van der Waals surface area contributed by atoms with Crippen LogP contribution in [0.1, 0.15) is 42.1 Å². The smallest absolute Gasteiger partial charge is 0.253 e. The fraction of sp³-hybridized carbons (Fsp3) is 0.529. The summed E-state index contributed by atoms with van der Waals surface area (Å²) in [4.78, 5) is 28.1. The highest BCUT2D eigenvalue weighted by molar-refractivity contribution is 5.94. The van der Waals surface area contributed by atoms with E-state index in [1.54, 1.807) is 0 Å². The molecule has 1 saturated heterocycles. The Labute approximate surface area is 126 Å². The molecule has 4 heteroatoms. The molecule has 114 valence electrons. The monoisotopic (exact) mass is 288 g/mol. The minimum absolute atomic E-state index is 0.0654. The summed E-state index contributed by atoms with van der Waals surface area (Å²) in [7, 11) is 0. The van der Waals surface area contributed by atoms with E-state index in [1.165, 1.54) is 0 Å². The molecule has 0 spiro atoms. The Morgan fingerprint density at radius 2 is 1.57 bits per heavy atom. The molecular formula is C17H24N2O2. The van der Waals surface area contributed by atoms with Gasteiger partial charge < -0.3 is 9.80 Å². The van der Waals surface area contributed by atoms with Crippen LogP contribution < -0.4 is 0 Å². The summed E-state index contributed by atoms with van der Waals surface area (Å²) in [5.41, 5.74) is 1.88. The SMILES string of the molecule is CCCCC(=O)N1CCN(C(=O)c2ccc(C)cc2)CC1. The highest BCUT2D eigenvalue weighted by Gasteiger charge is 2.24. The molecule has 0 bridgehead atoms. The van der Waals surface area contributed by atoms with Crippen LogP contribution in [0.3, 0.4) is 0 Å². The van der Waals surface area contributed by atoms with Gasteiger partial charge in [0.15, 0.2) is 0 Å². The van der Waals surface area contributed by atoms with E-state index in [1.807, 2.05) is 41.0 Å². The van der Waals surface area contributed by atoms with E-state index < -0.39 is 0 Å². The maximum Gasteiger partial charge on any atom is 0.253 e. The summed E-state index contributed by atoms with van der Waals surface area (Å²) in [6, 6.07) is 7.66. The van der Waals surface area contributed by atoms with Gasteiger partial charge in [0.1, 0.15) is 0 Å². The number of carbonyl (C=O) groups is 2. The Kier molecular flexibility index (Phi) is 5.37. The lowest BCUT2D eigenvalue weighted by molar-refractivity contribution is -0.132. The summed E-state index contributed by atoms with van der Waals surface area (Å²) in [5.74, 6) is 0.287. The second-order valence-corrected chi connectivity index (χ2v) is 5.64. The van der Waals surface area contributed by atoms with Gasteiger partial charge >= 0.3 is 0 Å². The molecule has 4 nitrogen and oxygen atoms in total. The molecular weight excluding hydrogens is 264 g/mol. The third kappa shape index (κ3) is 4.06. The molecule has 1 aliphatic heterocycles. The van der Waals surface area contributed by atoms with E-state index in [-0.39, 0.29) is 11.8 Å². The van der Waals surface area contributed by atoms with Crippen molar-refractivity contribution in [3.05, 3.63) is 35.4 Å². The number of carbonyl (C=O) groups excluding carboxylic acids is 2. The molecule has 21 heavy (non-hydrogen) atoms. The number of hydrogen-bond donors (Lipinski definition) is 0. The maximum atomic E-state index is 12.4. The lowest BCUT2D eigenvalue weighted by atomic mass is 10.1. The van der Waals surface area contributed by atoms with Gasteiger partial charge in [-0.1, -0.05) is 31.0 Å². The number of rotatable bonds is 4. The van der Waals surface area contributed by atoms with Gasteiger partial charge in [-0.05, 0) is 25.5 Å². The fourth-order valence-corrected chi connectivity index (χ4v) is 2.52. The summed E-state index contributed by atoms with van der Waals surface area (Å²) >= 11 is 0. The molecule has 1 aliphatic rings. The van der Waals surface area contributed by atoms with Crippen LogP contribution in [0.2, 0.25) is 0 Å². The Balaban J connectivity index is 1.87. The zero-order valence-corrected chi connectivity index (χ0v) is 13.0. The van der Waals surface area contributed by atoms with E-state index in [9.17, 15) is 9.59 Å². The first-order valence-electron chi connectivity index (χ1n) is 7.75. The molecule has 1 aromatic rings. The van der Waals surface area contributed by atoms with Crippen LogP contribution in [-0.4, -0.2) is 47.8 Å². The Morgan fingerprint density at radius 1 is 1.00 bits per heavy atom. The highest BCUT2D eigenvalue weighted by atomic mass is 16.2. The van der Waals surface area contributed by atoms with Gasteiger partial charge in [-0.15, -0.1) is 0 Å². The lowest BCUT2D eigenvalue weighted by Gasteiger charge is -2.35. The summed E-state index contributed by atoms with van der Waals surface area (Å²) in [6.45, 7) is 6.66. The van der Waals surface area contributed by atoms with Crippen molar-refractivity contribution < 1.29 is 9.59 Å². The number of hydrogen-bond acceptors (Lipinski definition) is 2. The molecule has 2 rings (SSSR count). The third-order valence-electron chi connectivity index (χ3n) is 3.96. The van der Waals surface area contributed by atoms with Crippen molar-refractivity contribution in [3.8, 4) is 0 Å². The van der Waals surface area contributed by atoms with Crippen LogP contribution in [0.4, 0.5) is 0 Å². The number of unbranched alkanes of at least 4 members (excludes halogenated alkanes) is 1. The Bertz CT molecular complexity index is 488. The fourth-order valence-electron chi connectivity index (χ4n) is 2.52. The number of benzene rings is 1. The van der Waals surface area contributed by atoms with Crippen LogP contribution in [0, 0.1) is 6.92 Å². The molecule has 0 aromatic heterocycles. The average molecular weight is 288 g/mol. The van der Waals surface area contributed by atoms with Crippen molar-refractivity contribution in [3.63, 3.8) is 0 Å². The molecule has 2 amide bonds. The molecule has 0 aliphatic carbocycles. The standard InChI is InChI=1S/C17H24N2O2/c1-3-4-5-16(20)18-10-12-19(13-11-18)17(21)15-8-6-14(2)7-9-15/h6-9H,3-5,10-13H2,1-2H3. The van der Waals surface area contributed by atoms with Crippen LogP contribution in [0.5, 0.6) is 0 Å². The van der Waals surface area contributed by atoms with Gasteiger partial charge in [-0.2, -0.15) is 0 Å². The van der Waals surface area contributed by atoms with Crippen molar-refractivity contribution in [2.75, 3.05) is 26.2 Å². The van der Waals surface area contributed by atoms with Crippen LogP contribution in [0.15, 0.2) is 24.3 Å². The largest absolute Gasteiger partial charge is 0.339 e. The van der Waals surface area contributed by atoms with E-state index in [0.29, 0.717) is 32.6 Å². The van der Waals surface area contributed by atoms with Gasteiger partial charge in [0.2, 0.25) is 5.91 Å². The van der Waals surface area contributed by atoms with Gasteiger partial charge in [-0.3, -0.25) is 9.59 Å². The predicted molar refractivity (Wildman–Crippen MR) is 83.2 cm³/mol. The molecule has 1 fully saturated rings. The minimum Gasteiger partial charge on any atom is -0.339 e. The second-order valence-electron chi connectivity index (χ2n) is 5.64. The van der Waals surface area contributed by atoms with E-state index >= 15 is 0 Å². The lowest BCUT2D eigenvalue weighted by Crippen LogP contribution is -2.50. The van der Waals surface area contributed by atoms with Gasteiger partial charge in [0.05, 0.1) is 0 Å². The molecule has 0 saturated carbocycles. The van der Waals surface area contributed by atoms with Crippen molar-refractivity contribution in [1.82, 2.24) is 9.80 Å². The zero-order valence-electron chi connectivity index (χ0n) is 13.0. The number of piperazine rings is 1. The number of amides is 2. The molecule has 0 atom stereocenters. The van der Waals surface area contributed by atoms with Gasteiger partial charge in [0.25, 0.3) is 5.91 Å². The van der Waals surface area contributed by atoms with Gasteiger partial charge in [0, 0.05) is 38.2 Å². The molecule has 1 aromatic carbocycles. The first kappa shape index (κ1) is 15.5. The average Bonchev–Trinajstić information content (AvgIpc) is 2.53. The van der Waals surface area contributed by atoms with Crippen LogP contribution >= 0.6 is 0 Å². The highest BCUT2D eigenvalue weighted by Crippen LogP contribution is 2.11. The first-order chi connectivity index (χ1) is 10.1. The first-order valence-corrected chi connectivity index (χ1v) is 7.75. The third-order valence-corrected chi connectivity index (χ3v) is 3.96. The van der Waals surface area contributed by atoms with Crippen molar-refractivity contribution >= 4 is 11.8 Å². The van der Waals surface area contributed by atoms with Crippen LogP contribution in [-0.2, 0) is 4.79 Å². The predicted octanol–water partition coefficient (Wildman–Crippen LogP) is 2.47. The number of nitrogens with zero attached hydrogens (tertiary/aromatic N) is 2. The van der Waals surface area contributed by atoms with Crippen molar-refractivity contribution in [2.24, 2.45) is 0 Å².